The van der Waals surface area contributed by atoms with Gasteiger partial charge in [-0.25, -0.2) is 4.39 Å². The molecule has 0 saturated heterocycles. The number of carbonyl (C=O) groups excluding carboxylic acids is 1. The Balaban J connectivity index is 1.89. The number of fused-ring (bicyclic) bond motifs is 1. The van der Waals surface area contributed by atoms with Crippen LogP contribution in [-0.2, 0) is 6.42 Å². The molecular weight excluding hydrogens is 289 g/mol. The minimum Gasteiger partial charge on any atom is -0.335 e. The number of rotatable bonds is 2. The Morgan fingerprint density at radius 2 is 2.05 bits per heavy atom. The van der Waals surface area contributed by atoms with Gasteiger partial charge in [-0.15, -0.1) is 0 Å². The lowest BCUT2D eigenvalue weighted by molar-refractivity contribution is 0.0726. The van der Waals surface area contributed by atoms with Crippen LogP contribution in [0.4, 0.5) is 4.39 Å². The molecule has 0 radical (unpaired) electrons. The van der Waals surface area contributed by atoms with Gasteiger partial charge in [0.15, 0.2) is 0 Å². The third-order valence-electron chi connectivity index (χ3n) is 4.05. The van der Waals surface area contributed by atoms with Crippen LogP contribution in [-0.4, -0.2) is 17.9 Å². The van der Waals surface area contributed by atoms with Gasteiger partial charge in [-0.3, -0.25) is 4.79 Å². The van der Waals surface area contributed by atoms with Crippen molar-refractivity contribution in [2.45, 2.75) is 18.9 Å². The highest BCUT2D eigenvalue weighted by molar-refractivity contribution is 6.30. The van der Waals surface area contributed by atoms with Crippen molar-refractivity contribution in [1.29, 1.82) is 0 Å². The number of amides is 1. The first kappa shape index (κ1) is 14.1. The van der Waals surface area contributed by atoms with Gasteiger partial charge in [-0.05, 0) is 42.2 Å². The van der Waals surface area contributed by atoms with Gasteiger partial charge in [0.1, 0.15) is 5.82 Å². The summed E-state index contributed by atoms with van der Waals surface area (Å²) in [5.41, 5.74) is 2.48. The van der Waals surface area contributed by atoms with E-state index in [0.717, 1.165) is 18.4 Å². The Bertz CT molecular complexity index is 701. The van der Waals surface area contributed by atoms with Gasteiger partial charge in [0, 0.05) is 12.1 Å². The standard InChI is InChI=1S/C17H15ClFNO/c1-20(16-9-6-11-4-2-3-5-13(11)16)17(21)14-8-7-12(18)10-15(14)19/h2-5,7-8,10,16H,6,9H2,1H3/t16-/m0/s1. The number of benzene rings is 2. The maximum Gasteiger partial charge on any atom is 0.257 e. The van der Waals surface area contributed by atoms with E-state index in [-0.39, 0.29) is 22.5 Å². The van der Waals surface area contributed by atoms with Crippen molar-refractivity contribution in [2.24, 2.45) is 0 Å². The normalized spacial score (nSPS) is 16.6. The van der Waals surface area contributed by atoms with Gasteiger partial charge in [-0.1, -0.05) is 35.9 Å². The predicted molar refractivity (Wildman–Crippen MR) is 81.0 cm³/mol. The molecule has 0 saturated carbocycles. The largest absolute Gasteiger partial charge is 0.335 e. The fourth-order valence-electron chi connectivity index (χ4n) is 2.93. The monoisotopic (exact) mass is 303 g/mol. The molecule has 0 aliphatic heterocycles. The van der Waals surface area contributed by atoms with Crippen molar-refractivity contribution in [3.05, 3.63) is 70.0 Å². The average Bonchev–Trinajstić information content (AvgIpc) is 2.90. The van der Waals surface area contributed by atoms with Crippen molar-refractivity contribution in [3.63, 3.8) is 0 Å². The van der Waals surface area contributed by atoms with Gasteiger partial charge >= 0.3 is 0 Å². The molecular formula is C17H15ClFNO. The van der Waals surface area contributed by atoms with Gasteiger partial charge < -0.3 is 4.90 Å². The molecule has 1 aliphatic rings. The number of hydrogen-bond acceptors (Lipinski definition) is 1. The first-order valence-corrected chi connectivity index (χ1v) is 7.25. The van der Waals surface area contributed by atoms with Crippen LogP contribution in [0.3, 0.4) is 0 Å². The van der Waals surface area contributed by atoms with Crippen LogP contribution >= 0.6 is 11.6 Å². The number of carbonyl (C=O) groups is 1. The van der Waals surface area contributed by atoms with Crippen LogP contribution in [0.5, 0.6) is 0 Å². The molecule has 0 spiro atoms. The maximum atomic E-state index is 13.9. The molecule has 1 amide bonds. The summed E-state index contributed by atoms with van der Waals surface area (Å²) in [6, 6.07) is 12.2. The summed E-state index contributed by atoms with van der Waals surface area (Å²) in [4.78, 5) is 14.1. The van der Waals surface area contributed by atoms with Crippen molar-refractivity contribution in [2.75, 3.05) is 7.05 Å². The first-order chi connectivity index (χ1) is 10.1. The molecule has 0 bridgehead atoms. The highest BCUT2D eigenvalue weighted by atomic mass is 35.5. The zero-order valence-corrected chi connectivity index (χ0v) is 12.4. The number of hydrogen-bond donors (Lipinski definition) is 0. The summed E-state index contributed by atoms with van der Waals surface area (Å²) in [5.74, 6) is -0.892. The fraction of sp³-hybridized carbons (Fsp3) is 0.235. The van der Waals surface area contributed by atoms with E-state index < -0.39 is 5.82 Å². The third kappa shape index (κ3) is 2.54. The quantitative estimate of drug-likeness (QED) is 0.812. The second-order valence-electron chi connectivity index (χ2n) is 5.29. The molecule has 3 rings (SSSR count). The third-order valence-corrected chi connectivity index (χ3v) is 4.29. The van der Waals surface area contributed by atoms with E-state index in [1.165, 1.54) is 23.8 Å². The molecule has 2 aromatic carbocycles. The first-order valence-electron chi connectivity index (χ1n) is 6.88. The second-order valence-corrected chi connectivity index (χ2v) is 5.73. The Morgan fingerprint density at radius 3 is 2.81 bits per heavy atom. The number of nitrogens with zero attached hydrogens (tertiary/aromatic N) is 1. The van der Waals surface area contributed by atoms with E-state index in [0.29, 0.717) is 0 Å². The molecule has 1 aliphatic carbocycles. The highest BCUT2D eigenvalue weighted by Crippen LogP contribution is 2.35. The summed E-state index contributed by atoms with van der Waals surface area (Å²) in [7, 11) is 1.73. The average molecular weight is 304 g/mol. The Morgan fingerprint density at radius 1 is 1.29 bits per heavy atom. The smallest absolute Gasteiger partial charge is 0.257 e. The molecule has 21 heavy (non-hydrogen) atoms. The van der Waals surface area contributed by atoms with Crippen molar-refractivity contribution in [1.82, 2.24) is 4.90 Å². The van der Waals surface area contributed by atoms with Gasteiger partial charge in [0.25, 0.3) is 5.91 Å². The number of aryl methyl sites for hydroxylation is 1. The lowest BCUT2D eigenvalue weighted by Crippen LogP contribution is -2.30. The van der Waals surface area contributed by atoms with Crippen LogP contribution in [0.25, 0.3) is 0 Å². The summed E-state index contributed by atoms with van der Waals surface area (Å²) in [6.45, 7) is 0. The molecule has 2 aromatic rings. The Kier molecular flexibility index (Phi) is 3.68. The molecule has 2 nitrogen and oxygen atoms in total. The van der Waals surface area contributed by atoms with Crippen molar-refractivity contribution < 1.29 is 9.18 Å². The lowest BCUT2D eigenvalue weighted by Gasteiger charge is -2.25. The summed E-state index contributed by atoms with van der Waals surface area (Å²) < 4.78 is 13.9. The van der Waals surface area contributed by atoms with Gasteiger partial charge in [0.2, 0.25) is 0 Å². The molecule has 108 valence electrons. The summed E-state index contributed by atoms with van der Waals surface area (Å²) in [6.07, 6.45) is 1.82. The molecule has 0 heterocycles. The van der Waals surface area contributed by atoms with Crippen LogP contribution in [0.1, 0.15) is 33.9 Å². The van der Waals surface area contributed by atoms with Crippen molar-refractivity contribution >= 4 is 17.5 Å². The molecule has 0 unspecified atom stereocenters. The van der Waals surface area contributed by atoms with E-state index in [1.807, 2.05) is 18.2 Å². The van der Waals surface area contributed by atoms with Crippen molar-refractivity contribution in [3.8, 4) is 0 Å². The zero-order valence-electron chi connectivity index (χ0n) is 11.6. The van der Waals surface area contributed by atoms with Gasteiger partial charge in [0.05, 0.1) is 11.6 Å². The van der Waals surface area contributed by atoms with Crippen LogP contribution in [0.2, 0.25) is 5.02 Å². The van der Waals surface area contributed by atoms with Crippen LogP contribution in [0.15, 0.2) is 42.5 Å². The lowest BCUT2D eigenvalue weighted by atomic mass is 10.1. The van der Waals surface area contributed by atoms with E-state index in [2.05, 4.69) is 6.07 Å². The van der Waals surface area contributed by atoms with E-state index in [9.17, 15) is 9.18 Å². The zero-order chi connectivity index (χ0) is 15.0. The van der Waals surface area contributed by atoms with E-state index in [4.69, 9.17) is 11.6 Å². The van der Waals surface area contributed by atoms with E-state index >= 15 is 0 Å². The Labute approximate surface area is 128 Å². The van der Waals surface area contributed by atoms with Crippen LogP contribution in [0, 0.1) is 5.82 Å². The second kappa shape index (κ2) is 5.49. The van der Waals surface area contributed by atoms with Crippen LogP contribution < -0.4 is 0 Å². The molecule has 1 atom stereocenters. The minimum atomic E-state index is -0.578. The fourth-order valence-corrected chi connectivity index (χ4v) is 3.09. The summed E-state index contributed by atoms with van der Waals surface area (Å²) >= 11 is 5.73. The van der Waals surface area contributed by atoms with E-state index in [1.54, 1.807) is 11.9 Å². The maximum absolute atomic E-state index is 13.9. The summed E-state index contributed by atoms with van der Waals surface area (Å²) in [5, 5.41) is 0.290. The topological polar surface area (TPSA) is 20.3 Å². The number of halogens is 2. The predicted octanol–water partition coefficient (Wildman–Crippen LogP) is 4.24. The molecule has 0 aromatic heterocycles. The Hall–Kier alpha value is -1.87. The molecule has 0 N–H and O–H groups in total. The SMILES string of the molecule is CN(C(=O)c1ccc(Cl)cc1F)[C@H]1CCc2ccccc21. The van der Waals surface area contributed by atoms with Gasteiger partial charge in [-0.2, -0.15) is 0 Å². The highest BCUT2D eigenvalue weighted by Gasteiger charge is 2.29. The molecule has 4 heteroatoms. The molecule has 0 fully saturated rings. The minimum absolute atomic E-state index is 0.00350.